The molecule has 5 rings (SSSR count). The van der Waals surface area contributed by atoms with Crippen LogP contribution >= 0.6 is 0 Å². The van der Waals surface area contributed by atoms with E-state index in [4.69, 9.17) is 18.9 Å². The molecule has 0 unspecified atom stereocenters. The van der Waals surface area contributed by atoms with Gasteiger partial charge in [0.25, 0.3) is 0 Å². The summed E-state index contributed by atoms with van der Waals surface area (Å²) in [5, 5.41) is 22.8. The van der Waals surface area contributed by atoms with Crippen molar-refractivity contribution in [1.82, 2.24) is 0 Å². The molecule has 188 valence electrons. The van der Waals surface area contributed by atoms with Gasteiger partial charge in [0, 0.05) is 0 Å². The topological polar surface area (TPSA) is 77.4 Å². The molecule has 2 aliphatic heterocycles. The summed E-state index contributed by atoms with van der Waals surface area (Å²) in [4.78, 5) is 0. The van der Waals surface area contributed by atoms with Gasteiger partial charge in [0.05, 0.1) is 6.61 Å². The fourth-order valence-electron chi connectivity index (χ4n) is 5.26. The standard InChI is InChI=1S/C30H32O6/c1-4-29(32)25(34-27-26(29)35-28(2,3)36-27)24(31)20-33-30(21-14-8-5-9-15-21,22-16-10-6-11-17-22)23-18-12-7-13-19-23/h4-19,24-27,31-32H,1,20H2,2-3H3/t24-,25-,26+,27-,29-/m1/s1. The lowest BCUT2D eigenvalue weighted by Crippen LogP contribution is -2.53. The van der Waals surface area contributed by atoms with Crippen molar-refractivity contribution in [3.63, 3.8) is 0 Å². The molecule has 3 aromatic rings. The van der Waals surface area contributed by atoms with Gasteiger partial charge in [0.2, 0.25) is 0 Å². The molecule has 6 heteroatoms. The highest BCUT2D eigenvalue weighted by molar-refractivity contribution is 5.47. The Kier molecular flexibility index (Phi) is 6.59. The van der Waals surface area contributed by atoms with Crippen molar-refractivity contribution in [2.45, 2.75) is 55.4 Å². The van der Waals surface area contributed by atoms with E-state index in [9.17, 15) is 10.2 Å². The van der Waals surface area contributed by atoms with Crippen LogP contribution in [0.5, 0.6) is 0 Å². The Morgan fingerprint density at radius 1 is 0.889 bits per heavy atom. The average molecular weight is 489 g/mol. The maximum atomic E-state index is 11.4. The molecule has 2 N–H and O–H groups in total. The molecule has 5 atom stereocenters. The van der Waals surface area contributed by atoms with Gasteiger partial charge >= 0.3 is 0 Å². The Morgan fingerprint density at radius 2 is 1.36 bits per heavy atom. The number of fused-ring (bicyclic) bond motifs is 1. The first kappa shape index (κ1) is 24.8. The molecule has 2 fully saturated rings. The average Bonchev–Trinajstić information content (AvgIpc) is 3.36. The van der Waals surface area contributed by atoms with Gasteiger partial charge in [0.1, 0.15) is 29.5 Å². The quantitative estimate of drug-likeness (QED) is 0.367. The summed E-state index contributed by atoms with van der Waals surface area (Å²) in [6.45, 7) is 7.15. The Labute approximate surface area is 211 Å². The summed E-state index contributed by atoms with van der Waals surface area (Å²) in [6.07, 6.45) is -2.54. The summed E-state index contributed by atoms with van der Waals surface area (Å²) in [5.74, 6) is -0.915. The molecule has 2 saturated heterocycles. The van der Waals surface area contributed by atoms with Crippen LogP contribution in [0, 0.1) is 0 Å². The first-order valence-corrected chi connectivity index (χ1v) is 12.2. The van der Waals surface area contributed by atoms with Crippen molar-refractivity contribution in [2.24, 2.45) is 0 Å². The smallest absolute Gasteiger partial charge is 0.191 e. The third-order valence-electron chi connectivity index (χ3n) is 6.94. The molecule has 2 heterocycles. The number of aliphatic hydroxyl groups excluding tert-OH is 1. The molecule has 0 spiro atoms. The second kappa shape index (κ2) is 9.56. The van der Waals surface area contributed by atoms with Gasteiger partial charge in [-0.1, -0.05) is 97.1 Å². The third-order valence-corrected chi connectivity index (χ3v) is 6.94. The molecule has 0 aromatic heterocycles. The molecule has 0 aliphatic carbocycles. The molecule has 6 nitrogen and oxygen atoms in total. The second-order valence-corrected chi connectivity index (χ2v) is 9.73. The molecule has 0 amide bonds. The molecular formula is C30H32O6. The van der Waals surface area contributed by atoms with Crippen molar-refractivity contribution in [2.75, 3.05) is 6.61 Å². The maximum absolute atomic E-state index is 11.4. The van der Waals surface area contributed by atoms with E-state index in [1.165, 1.54) is 6.08 Å². The SMILES string of the molecule is C=C[C@@]1(O)[C@@H]([C@H](O)COC(c2ccccc2)(c2ccccc2)c2ccccc2)O[C@@H]2OC(C)(C)O[C@@H]21. The number of hydrogen-bond acceptors (Lipinski definition) is 6. The Hall–Kier alpha value is -2.84. The van der Waals surface area contributed by atoms with Crippen LogP contribution in [-0.4, -0.2) is 52.8 Å². The van der Waals surface area contributed by atoms with Gasteiger partial charge < -0.3 is 29.2 Å². The van der Waals surface area contributed by atoms with Crippen LogP contribution in [0.3, 0.4) is 0 Å². The molecule has 36 heavy (non-hydrogen) atoms. The number of aliphatic hydroxyl groups is 2. The minimum absolute atomic E-state index is 0.137. The normalized spacial score (nSPS) is 27.9. The summed E-state index contributed by atoms with van der Waals surface area (Å²) < 4.78 is 24.4. The molecule has 0 saturated carbocycles. The van der Waals surface area contributed by atoms with E-state index in [0.29, 0.717) is 0 Å². The van der Waals surface area contributed by atoms with E-state index >= 15 is 0 Å². The third kappa shape index (κ3) is 4.20. The van der Waals surface area contributed by atoms with Gasteiger partial charge in [-0.2, -0.15) is 0 Å². The van der Waals surface area contributed by atoms with Crippen molar-refractivity contribution in [1.29, 1.82) is 0 Å². The van der Waals surface area contributed by atoms with Gasteiger partial charge in [-0.15, -0.1) is 6.58 Å². The summed E-state index contributed by atoms with van der Waals surface area (Å²) in [5.41, 5.74) is 0.0556. The zero-order valence-electron chi connectivity index (χ0n) is 20.5. The lowest BCUT2D eigenvalue weighted by Gasteiger charge is -2.38. The van der Waals surface area contributed by atoms with E-state index < -0.39 is 41.6 Å². The summed E-state index contributed by atoms with van der Waals surface area (Å²) in [7, 11) is 0. The highest BCUT2D eigenvalue weighted by Gasteiger charge is 2.63. The van der Waals surface area contributed by atoms with Crippen molar-refractivity contribution < 1.29 is 29.2 Å². The van der Waals surface area contributed by atoms with Crippen LogP contribution in [0.4, 0.5) is 0 Å². The lowest BCUT2D eigenvalue weighted by atomic mass is 9.80. The van der Waals surface area contributed by atoms with Crippen molar-refractivity contribution >= 4 is 0 Å². The van der Waals surface area contributed by atoms with E-state index in [0.717, 1.165) is 16.7 Å². The number of benzene rings is 3. The highest BCUT2D eigenvalue weighted by atomic mass is 16.8. The van der Waals surface area contributed by atoms with Crippen molar-refractivity contribution in [3.05, 3.63) is 120 Å². The van der Waals surface area contributed by atoms with Gasteiger partial charge in [-0.05, 0) is 30.5 Å². The van der Waals surface area contributed by atoms with Crippen LogP contribution in [-0.2, 0) is 24.5 Å². The predicted molar refractivity (Wildman–Crippen MR) is 135 cm³/mol. The fraction of sp³-hybridized carbons (Fsp3) is 0.333. The largest absolute Gasteiger partial charge is 0.388 e. The first-order chi connectivity index (χ1) is 17.3. The Bertz CT molecular complexity index is 1070. The fourth-order valence-corrected chi connectivity index (χ4v) is 5.26. The van der Waals surface area contributed by atoms with E-state index in [-0.39, 0.29) is 6.61 Å². The minimum atomic E-state index is -1.66. The van der Waals surface area contributed by atoms with Crippen LogP contribution in [0.25, 0.3) is 0 Å². The number of ether oxygens (including phenoxy) is 4. The van der Waals surface area contributed by atoms with Gasteiger partial charge in [0.15, 0.2) is 12.1 Å². The van der Waals surface area contributed by atoms with E-state index in [1.807, 2.05) is 91.0 Å². The molecule has 3 aromatic carbocycles. The van der Waals surface area contributed by atoms with Crippen LogP contribution < -0.4 is 0 Å². The van der Waals surface area contributed by atoms with E-state index in [1.54, 1.807) is 13.8 Å². The monoisotopic (exact) mass is 488 g/mol. The van der Waals surface area contributed by atoms with Crippen LogP contribution in [0.1, 0.15) is 30.5 Å². The van der Waals surface area contributed by atoms with Crippen molar-refractivity contribution in [3.8, 4) is 0 Å². The highest BCUT2D eigenvalue weighted by Crippen LogP contribution is 2.46. The second-order valence-electron chi connectivity index (χ2n) is 9.73. The minimum Gasteiger partial charge on any atom is -0.388 e. The first-order valence-electron chi connectivity index (χ1n) is 12.2. The molecule has 0 bridgehead atoms. The predicted octanol–water partition coefficient (Wildman–Crippen LogP) is 4.15. The number of hydrogen-bond donors (Lipinski definition) is 2. The Balaban J connectivity index is 1.50. The van der Waals surface area contributed by atoms with Gasteiger partial charge in [-0.25, -0.2) is 0 Å². The zero-order chi connectivity index (χ0) is 25.4. The van der Waals surface area contributed by atoms with Crippen LogP contribution in [0.2, 0.25) is 0 Å². The van der Waals surface area contributed by atoms with E-state index in [2.05, 4.69) is 6.58 Å². The Morgan fingerprint density at radius 3 is 1.81 bits per heavy atom. The summed E-state index contributed by atoms with van der Waals surface area (Å²) >= 11 is 0. The van der Waals surface area contributed by atoms with Crippen LogP contribution in [0.15, 0.2) is 104 Å². The number of rotatable bonds is 8. The molecule has 2 aliphatic rings. The molecular weight excluding hydrogens is 456 g/mol. The lowest BCUT2D eigenvalue weighted by molar-refractivity contribution is -0.239. The summed E-state index contributed by atoms with van der Waals surface area (Å²) in [6, 6.07) is 29.7. The van der Waals surface area contributed by atoms with Gasteiger partial charge in [-0.3, -0.25) is 0 Å². The maximum Gasteiger partial charge on any atom is 0.191 e. The zero-order valence-corrected chi connectivity index (χ0v) is 20.5. The molecule has 0 radical (unpaired) electrons.